The largest absolute Gasteiger partial charge is 0.340 e. The van der Waals surface area contributed by atoms with E-state index in [1.807, 2.05) is 21.8 Å². The van der Waals surface area contributed by atoms with Gasteiger partial charge in [0.2, 0.25) is 5.91 Å². The lowest BCUT2D eigenvalue weighted by Crippen LogP contribution is -2.39. The summed E-state index contributed by atoms with van der Waals surface area (Å²) < 4.78 is 15.3. The molecule has 4 rings (SSSR count). The number of halogens is 1. The number of piperidine rings is 1. The number of nitrogens with one attached hydrogen (secondary N) is 1. The van der Waals surface area contributed by atoms with Crippen LogP contribution in [0.1, 0.15) is 44.0 Å². The second-order valence-electron chi connectivity index (χ2n) is 6.75. The average Bonchev–Trinajstić information content (AvgIpc) is 3.30. The molecule has 1 saturated heterocycles. The molecular weight excluding hydrogens is 333 g/mol. The quantitative estimate of drug-likeness (QED) is 0.762. The fourth-order valence-electron chi connectivity index (χ4n) is 3.64. The highest BCUT2D eigenvalue weighted by atomic mass is 19.1. The molecule has 1 atom stereocenters. The van der Waals surface area contributed by atoms with Crippen LogP contribution in [0.3, 0.4) is 0 Å². The number of likely N-dealkylation sites (tertiary alicyclic amines) is 1. The van der Waals surface area contributed by atoms with Crippen molar-refractivity contribution in [2.24, 2.45) is 0 Å². The number of hydrogen-bond donors (Lipinski definition) is 1. The van der Waals surface area contributed by atoms with Crippen LogP contribution in [-0.2, 0) is 11.3 Å². The van der Waals surface area contributed by atoms with Gasteiger partial charge in [0, 0.05) is 31.9 Å². The van der Waals surface area contributed by atoms with Gasteiger partial charge in [-0.25, -0.2) is 9.37 Å². The third kappa shape index (κ3) is 3.47. The zero-order valence-electron chi connectivity index (χ0n) is 14.6. The fourth-order valence-corrected chi connectivity index (χ4v) is 3.64. The Labute approximate surface area is 151 Å². The van der Waals surface area contributed by atoms with E-state index in [1.54, 1.807) is 12.3 Å². The number of H-pyrrole nitrogens is 1. The molecule has 0 aliphatic carbocycles. The summed E-state index contributed by atoms with van der Waals surface area (Å²) >= 11 is 0. The Morgan fingerprint density at radius 2 is 2.27 bits per heavy atom. The van der Waals surface area contributed by atoms with E-state index < -0.39 is 0 Å². The molecule has 1 aliphatic rings. The van der Waals surface area contributed by atoms with Crippen molar-refractivity contribution in [3.05, 3.63) is 48.3 Å². The van der Waals surface area contributed by atoms with Gasteiger partial charge in [0.05, 0.1) is 17.1 Å². The lowest BCUT2D eigenvalue weighted by Gasteiger charge is -2.34. The van der Waals surface area contributed by atoms with E-state index in [-0.39, 0.29) is 17.8 Å². The molecule has 3 aromatic rings. The highest BCUT2D eigenvalue weighted by molar-refractivity contribution is 5.78. The van der Waals surface area contributed by atoms with Crippen molar-refractivity contribution in [2.45, 2.75) is 44.7 Å². The molecule has 0 saturated carbocycles. The van der Waals surface area contributed by atoms with Gasteiger partial charge < -0.3 is 9.88 Å². The SMILES string of the molecule is O=C(CCCn1cccn1)N1CCCC[C@H]1c1nc2ccc(F)cc2[nH]1. The number of carbonyl (C=O) groups is 1. The second kappa shape index (κ2) is 7.27. The maximum atomic E-state index is 13.4. The number of fused-ring (bicyclic) bond motifs is 1. The minimum absolute atomic E-state index is 0.0589. The maximum Gasteiger partial charge on any atom is 0.223 e. The molecule has 1 fully saturated rings. The van der Waals surface area contributed by atoms with Crippen LogP contribution in [0.2, 0.25) is 0 Å². The lowest BCUT2D eigenvalue weighted by molar-refractivity contribution is -0.135. The first-order valence-corrected chi connectivity index (χ1v) is 9.13. The molecule has 7 heteroatoms. The number of nitrogens with zero attached hydrogens (tertiary/aromatic N) is 4. The van der Waals surface area contributed by atoms with E-state index in [9.17, 15) is 9.18 Å². The Morgan fingerprint density at radius 3 is 3.12 bits per heavy atom. The Hall–Kier alpha value is -2.70. The first kappa shape index (κ1) is 16.8. The first-order valence-electron chi connectivity index (χ1n) is 9.13. The van der Waals surface area contributed by atoms with E-state index in [2.05, 4.69) is 15.1 Å². The third-order valence-electron chi connectivity index (χ3n) is 4.94. The van der Waals surface area contributed by atoms with Crippen LogP contribution in [0.15, 0.2) is 36.7 Å². The van der Waals surface area contributed by atoms with Crippen molar-refractivity contribution in [3.8, 4) is 0 Å². The molecule has 1 aliphatic heterocycles. The average molecular weight is 355 g/mol. The molecule has 0 bridgehead atoms. The Morgan fingerprint density at radius 1 is 1.35 bits per heavy atom. The van der Waals surface area contributed by atoms with Crippen molar-refractivity contribution in [1.29, 1.82) is 0 Å². The molecule has 26 heavy (non-hydrogen) atoms. The Bertz CT molecular complexity index is 889. The monoisotopic (exact) mass is 355 g/mol. The number of rotatable bonds is 5. The standard InChI is InChI=1S/C19H22FN5O/c20-14-7-8-15-16(13-14)23-19(22-15)17-5-1-2-12-25(17)18(26)6-3-10-24-11-4-9-21-24/h4,7-9,11,13,17H,1-3,5-6,10,12H2,(H,22,23)/t17-/m0/s1. The van der Waals surface area contributed by atoms with Crippen LogP contribution in [0.5, 0.6) is 0 Å². The zero-order chi connectivity index (χ0) is 17.9. The summed E-state index contributed by atoms with van der Waals surface area (Å²) in [6.45, 7) is 1.48. The van der Waals surface area contributed by atoms with Gasteiger partial charge in [0.15, 0.2) is 0 Å². The second-order valence-corrected chi connectivity index (χ2v) is 6.75. The van der Waals surface area contributed by atoms with Crippen molar-refractivity contribution < 1.29 is 9.18 Å². The number of aromatic amines is 1. The number of imidazole rings is 1. The van der Waals surface area contributed by atoms with Crippen molar-refractivity contribution in [1.82, 2.24) is 24.6 Å². The molecule has 1 N–H and O–H groups in total. The number of hydrogen-bond acceptors (Lipinski definition) is 3. The maximum absolute atomic E-state index is 13.4. The highest BCUT2D eigenvalue weighted by Gasteiger charge is 2.29. The first-order chi connectivity index (χ1) is 12.7. The van der Waals surface area contributed by atoms with Gasteiger partial charge in [-0.05, 0) is 49.9 Å². The van der Waals surface area contributed by atoms with E-state index >= 15 is 0 Å². The summed E-state index contributed by atoms with van der Waals surface area (Å²) in [4.78, 5) is 22.5. The number of carbonyl (C=O) groups excluding carboxylic acids is 1. The Kier molecular flexibility index (Phi) is 4.69. The smallest absolute Gasteiger partial charge is 0.223 e. The summed E-state index contributed by atoms with van der Waals surface area (Å²) in [5.74, 6) is 0.613. The minimum atomic E-state index is -0.289. The molecule has 1 amide bonds. The fraction of sp³-hybridized carbons (Fsp3) is 0.421. The van der Waals surface area contributed by atoms with Gasteiger partial charge in [-0.3, -0.25) is 9.48 Å². The van der Waals surface area contributed by atoms with Crippen LogP contribution < -0.4 is 0 Å². The van der Waals surface area contributed by atoms with Crippen LogP contribution in [-0.4, -0.2) is 37.1 Å². The van der Waals surface area contributed by atoms with Gasteiger partial charge in [0.1, 0.15) is 11.6 Å². The molecule has 2 aromatic heterocycles. The predicted octanol–water partition coefficient (Wildman–Crippen LogP) is 3.43. The summed E-state index contributed by atoms with van der Waals surface area (Å²) in [7, 11) is 0. The van der Waals surface area contributed by atoms with Crippen molar-refractivity contribution in [2.75, 3.05) is 6.54 Å². The predicted molar refractivity (Wildman–Crippen MR) is 95.8 cm³/mol. The Balaban J connectivity index is 1.47. The number of benzene rings is 1. The molecule has 0 unspecified atom stereocenters. The summed E-state index contributed by atoms with van der Waals surface area (Å²) in [6.07, 6.45) is 7.85. The molecule has 136 valence electrons. The van der Waals surface area contributed by atoms with Gasteiger partial charge in [-0.1, -0.05) is 0 Å². The van der Waals surface area contributed by atoms with E-state index in [0.29, 0.717) is 11.9 Å². The van der Waals surface area contributed by atoms with Crippen LogP contribution in [0.4, 0.5) is 4.39 Å². The number of aryl methyl sites for hydroxylation is 1. The van der Waals surface area contributed by atoms with Gasteiger partial charge >= 0.3 is 0 Å². The summed E-state index contributed by atoms with van der Waals surface area (Å²) in [5.41, 5.74) is 1.41. The zero-order valence-corrected chi connectivity index (χ0v) is 14.6. The van der Waals surface area contributed by atoms with Gasteiger partial charge in [-0.2, -0.15) is 5.10 Å². The molecule has 1 aromatic carbocycles. The van der Waals surface area contributed by atoms with E-state index in [1.165, 1.54) is 12.1 Å². The molecular formula is C19H22FN5O. The molecule has 0 radical (unpaired) electrons. The van der Waals surface area contributed by atoms with Crippen LogP contribution >= 0.6 is 0 Å². The highest BCUT2D eigenvalue weighted by Crippen LogP contribution is 2.31. The third-order valence-corrected chi connectivity index (χ3v) is 4.94. The van der Waals surface area contributed by atoms with Crippen molar-refractivity contribution >= 4 is 16.9 Å². The molecule has 6 nitrogen and oxygen atoms in total. The number of aromatic nitrogens is 4. The van der Waals surface area contributed by atoms with Gasteiger partial charge in [-0.15, -0.1) is 0 Å². The van der Waals surface area contributed by atoms with E-state index in [4.69, 9.17) is 0 Å². The normalized spacial score (nSPS) is 17.7. The van der Waals surface area contributed by atoms with E-state index in [0.717, 1.165) is 50.1 Å². The van der Waals surface area contributed by atoms with Crippen molar-refractivity contribution in [3.63, 3.8) is 0 Å². The van der Waals surface area contributed by atoms with Crippen LogP contribution in [0.25, 0.3) is 11.0 Å². The minimum Gasteiger partial charge on any atom is -0.340 e. The summed E-state index contributed by atoms with van der Waals surface area (Å²) in [6, 6.07) is 6.35. The topological polar surface area (TPSA) is 66.8 Å². The number of amides is 1. The lowest BCUT2D eigenvalue weighted by atomic mass is 10.0. The molecule has 0 spiro atoms. The van der Waals surface area contributed by atoms with Crippen LogP contribution in [0, 0.1) is 5.82 Å². The molecule has 3 heterocycles. The van der Waals surface area contributed by atoms with Gasteiger partial charge in [0.25, 0.3) is 0 Å². The summed E-state index contributed by atoms with van der Waals surface area (Å²) in [5, 5.41) is 4.17.